The molecule has 1 heterocycles. The van der Waals surface area contributed by atoms with Crippen molar-refractivity contribution >= 4 is 50.9 Å². The van der Waals surface area contributed by atoms with Gasteiger partial charge in [0.1, 0.15) is 12.4 Å². The summed E-state index contributed by atoms with van der Waals surface area (Å²) in [5.41, 5.74) is 2.83. The summed E-state index contributed by atoms with van der Waals surface area (Å²) in [6.45, 7) is 8.43. The number of aromatic nitrogens is 3. The van der Waals surface area contributed by atoms with Gasteiger partial charge in [-0.05, 0) is 49.2 Å². The van der Waals surface area contributed by atoms with E-state index in [9.17, 15) is 4.79 Å². The molecule has 6 nitrogen and oxygen atoms in total. The minimum Gasteiger partial charge on any atom is -0.484 e. The Balaban J connectivity index is 1.65. The van der Waals surface area contributed by atoms with Gasteiger partial charge in [-0.25, -0.2) is 0 Å². The van der Waals surface area contributed by atoms with Gasteiger partial charge in [0.15, 0.2) is 11.0 Å². The molecular weight excluding hydrogens is 500 g/mol. The Morgan fingerprint density at radius 2 is 2.00 bits per heavy atom. The summed E-state index contributed by atoms with van der Waals surface area (Å²) in [4.78, 5) is 12.5. The van der Waals surface area contributed by atoms with Crippen LogP contribution in [0.5, 0.6) is 5.75 Å². The molecule has 0 aliphatic rings. The molecule has 0 aliphatic carbocycles. The number of carbonyl (C=O) groups is 1. The maximum Gasteiger partial charge on any atom is 0.234 e. The predicted molar refractivity (Wildman–Crippen MR) is 129 cm³/mol. The molecule has 9 heteroatoms. The van der Waals surface area contributed by atoms with Gasteiger partial charge in [-0.3, -0.25) is 9.36 Å². The van der Waals surface area contributed by atoms with Crippen molar-refractivity contribution in [3.63, 3.8) is 0 Å². The average molecular weight is 522 g/mol. The third-order valence-electron chi connectivity index (χ3n) is 4.39. The Morgan fingerprint density at radius 3 is 2.68 bits per heavy atom. The van der Waals surface area contributed by atoms with Crippen molar-refractivity contribution in [1.82, 2.24) is 14.8 Å². The maximum atomic E-state index is 12.5. The van der Waals surface area contributed by atoms with Crippen molar-refractivity contribution in [2.24, 2.45) is 0 Å². The summed E-state index contributed by atoms with van der Waals surface area (Å²) in [6.07, 6.45) is 1.75. The largest absolute Gasteiger partial charge is 0.484 e. The van der Waals surface area contributed by atoms with Crippen LogP contribution in [0.3, 0.4) is 0 Å². The van der Waals surface area contributed by atoms with Crippen LogP contribution >= 0.6 is 39.3 Å². The number of hydrogen-bond donors (Lipinski definition) is 1. The van der Waals surface area contributed by atoms with Gasteiger partial charge in [-0.2, -0.15) is 0 Å². The van der Waals surface area contributed by atoms with E-state index < -0.39 is 0 Å². The average Bonchev–Trinajstić information content (AvgIpc) is 3.10. The Morgan fingerprint density at radius 1 is 1.29 bits per heavy atom. The first-order chi connectivity index (χ1) is 14.9. The SMILES string of the molecule is C=CCn1c(COc2ccccc2Cl)nnc1SCC(=O)Nc1c(C)cc(Br)cc1C. The van der Waals surface area contributed by atoms with Crippen LogP contribution in [0, 0.1) is 13.8 Å². The Labute approximate surface area is 199 Å². The molecule has 0 fully saturated rings. The second-order valence-corrected chi connectivity index (χ2v) is 9.03. The molecule has 162 valence electrons. The molecule has 0 saturated carbocycles. The summed E-state index contributed by atoms with van der Waals surface area (Å²) in [7, 11) is 0. The number of hydrogen-bond acceptors (Lipinski definition) is 5. The quantitative estimate of drug-likeness (QED) is 0.284. The zero-order valence-electron chi connectivity index (χ0n) is 17.2. The molecule has 3 rings (SSSR count). The van der Waals surface area contributed by atoms with Crippen molar-refractivity contribution in [3.05, 3.63) is 75.5 Å². The first-order valence-corrected chi connectivity index (χ1v) is 11.6. The standard InChI is InChI=1S/C22H22BrClN4O2S/c1-4-9-28-19(12-30-18-8-6-5-7-17(18)24)26-27-22(28)31-13-20(29)25-21-14(2)10-16(23)11-15(21)3/h4-8,10-11H,1,9,12-13H2,2-3H3,(H,25,29). The van der Waals surface area contributed by atoms with Crippen LogP contribution in [-0.4, -0.2) is 26.4 Å². The molecule has 0 atom stereocenters. The molecule has 31 heavy (non-hydrogen) atoms. The number of halogens is 2. The molecule has 0 aliphatic heterocycles. The molecule has 1 N–H and O–H groups in total. The number of thioether (sulfide) groups is 1. The highest BCUT2D eigenvalue weighted by Gasteiger charge is 2.15. The minimum absolute atomic E-state index is 0.111. The van der Waals surface area contributed by atoms with Crippen LogP contribution in [0.25, 0.3) is 0 Å². The number of rotatable bonds is 9. The Bertz CT molecular complexity index is 1080. The van der Waals surface area contributed by atoms with Crippen LogP contribution in [0.1, 0.15) is 17.0 Å². The van der Waals surface area contributed by atoms with Gasteiger partial charge in [0, 0.05) is 16.7 Å². The van der Waals surface area contributed by atoms with Crippen molar-refractivity contribution < 1.29 is 9.53 Å². The van der Waals surface area contributed by atoms with Gasteiger partial charge in [-0.1, -0.05) is 57.5 Å². The van der Waals surface area contributed by atoms with Crippen LogP contribution in [0.2, 0.25) is 5.02 Å². The topological polar surface area (TPSA) is 69.0 Å². The van der Waals surface area contributed by atoms with Crippen molar-refractivity contribution in [2.75, 3.05) is 11.1 Å². The molecule has 0 bridgehead atoms. The van der Waals surface area contributed by atoms with E-state index >= 15 is 0 Å². The van der Waals surface area contributed by atoms with Crippen LogP contribution in [0.4, 0.5) is 5.69 Å². The van der Waals surface area contributed by atoms with E-state index in [1.165, 1.54) is 11.8 Å². The lowest BCUT2D eigenvalue weighted by atomic mass is 10.1. The van der Waals surface area contributed by atoms with E-state index in [0.29, 0.717) is 28.3 Å². The monoisotopic (exact) mass is 520 g/mol. The summed E-state index contributed by atoms with van der Waals surface area (Å²) >= 11 is 10.9. The number of nitrogens with one attached hydrogen (secondary N) is 1. The second-order valence-electron chi connectivity index (χ2n) is 6.77. The Hall–Kier alpha value is -2.29. The van der Waals surface area contributed by atoms with Crippen molar-refractivity contribution in [3.8, 4) is 5.75 Å². The van der Waals surface area contributed by atoms with E-state index in [-0.39, 0.29) is 18.3 Å². The van der Waals surface area contributed by atoms with Crippen LogP contribution in [0.15, 0.2) is 58.7 Å². The minimum atomic E-state index is -0.111. The lowest BCUT2D eigenvalue weighted by molar-refractivity contribution is -0.113. The number of amides is 1. The molecular formula is C22H22BrClN4O2S. The van der Waals surface area contributed by atoms with E-state index in [1.807, 2.05) is 42.7 Å². The highest BCUT2D eigenvalue weighted by atomic mass is 79.9. The van der Waals surface area contributed by atoms with Gasteiger partial charge in [0.05, 0.1) is 10.8 Å². The zero-order valence-corrected chi connectivity index (χ0v) is 20.4. The van der Waals surface area contributed by atoms with Gasteiger partial charge in [0.25, 0.3) is 0 Å². The van der Waals surface area contributed by atoms with Crippen molar-refractivity contribution in [2.45, 2.75) is 32.2 Å². The van der Waals surface area contributed by atoms with Gasteiger partial charge in [0.2, 0.25) is 5.91 Å². The number of nitrogens with zero attached hydrogens (tertiary/aromatic N) is 3. The Kier molecular flexibility index (Phi) is 8.17. The van der Waals surface area contributed by atoms with Crippen LogP contribution in [-0.2, 0) is 17.9 Å². The second kappa shape index (κ2) is 10.8. The number of para-hydroxylation sites is 1. The maximum absolute atomic E-state index is 12.5. The fraction of sp³-hybridized carbons (Fsp3) is 0.227. The molecule has 2 aromatic carbocycles. The number of ether oxygens (including phenoxy) is 1. The molecule has 0 saturated heterocycles. The molecule has 0 radical (unpaired) electrons. The van der Waals surface area contributed by atoms with E-state index in [0.717, 1.165) is 21.3 Å². The van der Waals surface area contributed by atoms with Crippen LogP contribution < -0.4 is 10.1 Å². The first kappa shape index (κ1) is 23.4. The lowest BCUT2D eigenvalue weighted by Gasteiger charge is -2.12. The number of aryl methyl sites for hydroxylation is 2. The normalized spacial score (nSPS) is 10.7. The number of carbonyl (C=O) groups excluding carboxylic acids is 1. The van der Waals surface area contributed by atoms with Gasteiger partial charge >= 0.3 is 0 Å². The molecule has 0 spiro atoms. The lowest BCUT2D eigenvalue weighted by Crippen LogP contribution is -2.16. The van der Waals surface area contributed by atoms with Gasteiger partial charge < -0.3 is 10.1 Å². The smallest absolute Gasteiger partial charge is 0.234 e. The number of anilines is 1. The van der Waals surface area contributed by atoms with E-state index in [1.54, 1.807) is 18.2 Å². The molecule has 0 unspecified atom stereocenters. The molecule has 1 amide bonds. The molecule has 3 aromatic rings. The summed E-state index contributed by atoms with van der Waals surface area (Å²) in [5, 5.41) is 12.6. The third kappa shape index (κ3) is 6.12. The number of benzene rings is 2. The zero-order chi connectivity index (χ0) is 22.4. The highest BCUT2D eigenvalue weighted by molar-refractivity contribution is 9.10. The fourth-order valence-corrected chi connectivity index (χ4v) is 4.61. The predicted octanol–water partition coefficient (Wildman–Crippen LogP) is 5.81. The summed E-state index contributed by atoms with van der Waals surface area (Å²) in [5.74, 6) is 1.30. The molecule has 1 aromatic heterocycles. The van der Waals surface area contributed by atoms with Gasteiger partial charge in [-0.15, -0.1) is 16.8 Å². The summed E-state index contributed by atoms with van der Waals surface area (Å²) in [6, 6.07) is 11.2. The summed E-state index contributed by atoms with van der Waals surface area (Å²) < 4.78 is 8.64. The highest BCUT2D eigenvalue weighted by Crippen LogP contribution is 2.27. The fourth-order valence-electron chi connectivity index (χ4n) is 2.96. The number of allylic oxidation sites excluding steroid dienone is 1. The van der Waals surface area contributed by atoms with Crippen molar-refractivity contribution in [1.29, 1.82) is 0 Å². The third-order valence-corrected chi connectivity index (χ3v) is 6.13. The van der Waals surface area contributed by atoms with E-state index in [2.05, 4.69) is 38.0 Å². The van der Waals surface area contributed by atoms with E-state index in [4.69, 9.17) is 16.3 Å². The first-order valence-electron chi connectivity index (χ1n) is 9.48.